The Morgan fingerprint density at radius 1 is 1.27 bits per heavy atom. The maximum absolute atomic E-state index is 8.63. The number of unbranched alkanes of at least 4 members (excludes halogenated alkanes) is 2. The highest BCUT2D eigenvalue weighted by Crippen LogP contribution is 2.28. The number of thioether (sulfide) groups is 1. The summed E-state index contributed by atoms with van der Waals surface area (Å²) in [5, 5.41) is 8.63. The molecule has 0 aliphatic rings. The van der Waals surface area contributed by atoms with Crippen LogP contribution >= 0.6 is 27.7 Å². The lowest BCUT2D eigenvalue weighted by atomic mass is 10.3. The molecule has 3 N–H and O–H groups in total. The quantitative estimate of drug-likeness (QED) is 0.480. The van der Waals surface area contributed by atoms with E-state index in [1.165, 1.54) is 0 Å². The van der Waals surface area contributed by atoms with Crippen molar-refractivity contribution >= 4 is 33.4 Å². The van der Waals surface area contributed by atoms with Crippen LogP contribution in [0.5, 0.6) is 0 Å². The number of anilines is 1. The van der Waals surface area contributed by atoms with E-state index in [0.717, 1.165) is 40.1 Å². The fourth-order valence-electron chi connectivity index (χ4n) is 1.21. The molecule has 0 aliphatic heterocycles. The monoisotopic (exact) mass is 289 g/mol. The molecule has 84 valence electrons. The van der Waals surface area contributed by atoms with Gasteiger partial charge in [-0.25, -0.2) is 0 Å². The number of halogens is 1. The van der Waals surface area contributed by atoms with Crippen molar-refractivity contribution in [3.05, 3.63) is 22.7 Å². The molecule has 2 nitrogen and oxygen atoms in total. The third kappa shape index (κ3) is 4.91. The highest BCUT2D eigenvalue weighted by atomic mass is 79.9. The van der Waals surface area contributed by atoms with Gasteiger partial charge in [-0.05, 0) is 36.8 Å². The van der Waals surface area contributed by atoms with E-state index in [1.54, 1.807) is 11.8 Å². The highest BCUT2D eigenvalue weighted by molar-refractivity contribution is 9.10. The van der Waals surface area contributed by atoms with Crippen LogP contribution in [0.3, 0.4) is 0 Å². The van der Waals surface area contributed by atoms with E-state index in [-0.39, 0.29) is 0 Å². The Morgan fingerprint density at radius 2 is 2.07 bits per heavy atom. The molecule has 0 saturated carbocycles. The highest BCUT2D eigenvalue weighted by Gasteiger charge is 2.00. The largest absolute Gasteiger partial charge is 0.398 e. The minimum atomic E-state index is 0.295. The lowest BCUT2D eigenvalue weighted by molar-refractivity contribution is 0.284. The Balaban J connectivity index is 2.33. The van der Waals surface area contributed by atoms with Crippen molar-refractivity contribution in [3.63, 3.8) is 0 Å². The van der Waals surface area contributed by atoms with E-state index in [2.05, 4.69) is 15.9 Å². The molecular formula is C11H16BrNOS. The van der Waals surface area contributed by atoms with E-state index >= 15 is 0 Å². The summed E-state index contributed by atoms with van der Waals surface area (Å²) in [5.41, 5.74) is 6.69. The molecule has 1 aromatic carbocycles. The normalized spacial score (nSPS) is 10.5. The first-order valence-electron chi connectivity index (χ1n) is 5.02. The lowest BCUT2D eigenvalue weighted by Crippen LogP contribution is -1.90. The SMILES string of the molecule is Nc1ccc(Br)cc1SCCCCCO. The first kappa shape index (κ1) is 12.9. The van der Waals surface area contributed by atoms with Gasteiger partial charge < -0.3 is 10.8 Å². The summed E-state index contributed by atoms with van der Waals surface area (Å²) in [6.07, 6.45) is 3.10. The van der Waals surface area contributed by atoms with Crippen molar-refractivity contribution in [1.82, 2.24) is 0 Å². The van der Waals surface area contributed by atoms with Crippen LogP contribution in [0.2, 0.25) is 0 Å². The molecule has 0 aliphatic carbocycles. The summed E-state index contributed by atoms with van der Waals surface area (Å²) in [5.74, 6) is 1.06. The third-order valence-electron chi connectivity index (χ3n) is 2.04. The lowest BCUT2D eigenvalue weighted by Gasteiger charge is -2.05. The number of hydrogen-bond acceptors (Lipinski definition) is 3. The Labute approximate surface area is 103 Å². The molecule has 0 unspecified atom stereocenters. The molecule has 4 heteroatoms. The number of nitrogen functional groups attached to an aromatic ring is 1. The Kier molecular flexibility index (Phi) is 6.13. The second kappa shape index (κ2) is 7.14. The van der Waals surface area contributed by atoms with Crippen molar-refractivity contribution in [2.75, 3.05) is 18.1 Å². The van der Waals surface area contributed by atoms with Crippen molar-refractivity contribution in [1.29, 1.82) is 0 Å². The van der Waals surface area contributed by atoms with E-state index in [0.29, 0.717) is 6.61 Å². The third-order valence-corrected chi connectivity index (χ3v) is 3.69. The number of nitrogens with two attached hydrogens (primary N) is 1. The van der Waals surface area contributed by atoms with Gasteiger partial charge in [0.25, 0.3) is 0 Å². The minimum absolute atomic E-state index is 0.295. The molecule has 1 aromatic rings. The van der Waals surface area contributed by atoms with Crippen molar-refractivity contribution in [2.24, 2.45) is 0 Å². The van der Waals surface area contributed by atoms with Gasteiger partial charge in [-0.2, -0.15) is 0 Å². The second-order valence-electron chi connectivity index (χ2n) is 3.31. The first-order valence-corrected chi connectivity index (χ1v) is 6.80. The zero-order chi connectivity index (χ0) is 11.1. The number of aliphatic hydroxyl groups is 1. The molecule has 0 heterocycles. The predicted molar refractivity (Wildman–Crippen MR) is 70.2 cm³/mol. The molecule has 0 saturated heterocycles. The average molecular weight is 290 g/mol. The van der Waals surface area contributed by atoms with Gasteiger partial charge in [0.1, 0.15) is 0 Å². The van der Waals surface area contributed by atoms with Gasteiger partial charge >= 0.3 is 0 Å². The van der Waals surface area contributed by atoms with Crippen LogP contribution in [0.1, 0.15) is 19.3 Å². The van der Waals surface area contributed by atoms with Crippen molar-refractivity contribution in [3.8, 4) is 0 Å². The fourth-order valence-corrected chi connectivity index (χ4v) is 2.73. The molecule has 0 radical (unpaired) electrons. The second-order valence-corrected chi connectivity index (χ2v) is 5.37. The van der Waals surface area contributed by atoms with Crippen molar-refractivity contribution < 1.29 is 5.11 Å². The summed E-state index contributed by atoms with van der Waals surface area (Å²) in [4.78, 5) is 1.13. The Bertz CT molecular complexity index is 307. The van der Waals surface area contributed by atoms with Crippen LogP contribution in [0.25, 0.3) is 0 Å². The van der Waals surface area contributed by atoms with Crippen LogP contribution < -0.4 is 5.73 Å². The van der Waals surface area contributed by atoms with Gasteiger partial charge in [-0.15, -0.1) is 11.8 Å². The zero-order valence-corrected chi connectivity index (χ0v) is 11.0. The average Bonchev–Trinajstić information content (AvgIpc) is 2.23. The van der Waals surface area contributed by atoms with Gasteiger partial charge in [0.05, 0.1) is 0 Å². The van der Waals surface area contributed by atoms with Crippen LogP contribution in [-0.2, 0) is 0 Å². The summed E-state index contributed by atoms with van der Waals surface area (Å²) in [6, 6.07) is 5.91. The Morgan fingerprint density at radius 3 is 2.80 bits per heavy atom. The topological polar surface area (TPSA) is 46.2 Å². The molecule has 0 spiro atoms. The van der Waals surface area contributed by atoms with Gasteiger partial charge in [-0.3, -0.25) is 0 Å². The number of benzene rings is 1. The van der Waals surface area contributed by atoms with Gasteiger partial charge in [0.15, 0.2) is 0 Å². The Hall–Kier alpha value is -0.190. The summed E-state index contributed by atoms with van der Waals surface area (Å²) >= 11 is 5.20. The van der Waals surface area contributed by atoms with Gasteiger partial charge in [0, 0.05) is 21.7 Å². The zero-order valence-electron chi connectivity index (χ0n) is 8.58. The smallest absolute Gasteiger partial charge is 0.0453 e. The fraction of sp³-hybridized carbons (Fsp3) is 0.455. The number of hydrogen-bond donors (Lipinski definition) is 2. The maximum Gasteiger partial charge on any atom is 0.0453 e. The molecule has 0 atom stereocenters. The molecule has 15 heavy (non-hydrogen) atoms. The van der Waals surface area contributed by atoms with Gasteiger partial charge in [0.2, 0.25) is 0 Å². The van der Waals surface area contributed by atoms with E-state index in [4.69, 9.17) is 10.8 Å². The molecule has 0 bridgehead atoms. The van der Waals surface area contributed by atoms with E-state index in [9.17, 15) is 0 Å². The molecule has 1 rings (SSSR count). The van der Waals surface area contributed by atoms with Crippen LogP contribution in [0.4, 0.5) is 5.69 Å². The molecule has 0 fully saturated rings. The first-order chi connectivity index (χ1) is 7.24. The summed E-state index contributed by atoms with van der Waals surface area (Å²) < 4.78 is 1.06. The van der Waals surface area contributed by atoms with Gasteiger partial charge in [-0.1, -0.05) is 22.4 Å². The van der Waals surface area contributed by atoms with Crippen LogP contribution in [0.15, 0.2) is 27.6 Å². The minimum Gasteiger partial charge on any atom is -0.398 e. The molecule has 0 aromatic heterocycles. The van der Waals surface area contributed by atoms with Crippen LogP contribution in [0, 0.1) is 0 Å². The van der Waals surface area contributed by atoms with Crippen LogP contribution in [-0.4, -0.2) is 17.5 Å². The standard InChI is InChI=1S/C11H16BrNOS/c12-9-4-5-10(13)11(8-9)15-7-3-1-2-6-14/h4-5,8,14H,1-3,6-7,13H2. The number of rotatable bonds is 6. The van der Waals surface area contributed by atoms with E-state index < -0.39 is 0 Å². The summed E-state index contributed by atoms with van der Waals surface area (Å²) in [6.45, 7) is 0.295. The number of aliphatic hydroxyl groups excluding tert-OH is 1. The van der Waals surface area contributed by atoms with E-state index in [1.807, 2.05) is 18.2 Å². The van der Waals surface area contributed by atoms with Crippen molar-refractivity contribution in [2.45, 2.75) is 24.2 Å². The predicted octanol–water partition coefficient (Wildman–Crippen LogP) is 3.29. The molecule has 0 amide bonds. The molecular weight excluding hydrogens is 274 g/mol. The maximum atomic E-state index is 8.63. The summed E-state index contributed by atoms with van der Waals surface area (Å²) in [7, 11) is 0.